The highest BCUT2D eigenvalue weighted by Crippen LogP contribution is 2.40. The molecule has 4 aromatic rings. The Labute approximate surface area is 171 Å². The zero-order valence-corrected chi connectivity index (χ0v) is 15.5. The summed E-state index contributed by atoms with van der Waals surface area (Å²) in [5.41, 5.74) is -2.83. The first-order chi connectivity index (χ1) is 14.6. The van der Waals surface area contributed by atoms with Gasteiger partial charge in [-0.25, -0.2) is 9.97 Å². The molecule has 158 valence electrons. The van der Waals surface area contributed by atoms with Crippen LogP contribution in [0.2, 0.25) is 0 Å². The van der Waals surface area contributed by atoms with E-state index in [-0.39, 0.29) is 17.6 Å². The molecule has 2 aromatic carbocycles. The molecule has 0 saturated carbocycles. The molecular weight excluding hydrogens is 422 g/mol. The predicted octanol–water partition coefficient (Wildman–Crippen LogP) is 6.47. The smallest absolute Gasteiger partial charge is 0.340 e. The number of nitrogens with zero attached hydrogens (tertiary/aromatic N) is 3. The van der Waals surface area contributed by atoms with Gasteiger partial charge in [0.2, 0.25) is 0 Å². The average molecular weight is 434 g/mol. The van der Waals surface area contributed by atoms with Crippen LogP contribution in [0.25, 0.3) is 22.0 Å². The van der Waals surface area contributed by atoms with Crippen molar-refractivity contribution < 1.29 is 26.3 Å². The van der Waals surface area contributed by atoms with Crippen molar-refractivity contribution in [3.05, 3.63) is 78.4 Å². The maximum Gasteiger partial charge on any atom is 0.417 e. The van der Waals surface area contributed by atoms with Crippen molar-refractivity contribution in [2.24, 2.45) is 0 Å². The molecule has 0 bridgehead atoms. The van der Waals surface area contributed by atoms with E-state index in [1.165, 1.54) is 6.07 Å². The van der Waals surface area contributed by atoms with Crippen molar-refractivity contribution in [2.45, 2.75) is 12.4 Å². The van der Waals surface area contributed by atoms with Crippen molar-refractivity contribution in [1.82, 2.24) is 15.0 Å². The lowest BCUT2D eigenvalue weighted by atomic mass is 10.00. The van der Waals surface area contributed by atoms with Gasteiger partial charge < -0.3 is 5.32 Å². The van der Waals surface area contributed by atoms with Gasteiger partial charge in [0.15, 0.2) is 0 Å². The van der Waals surface area contributed by atoms with Crippen LogP contribution in [0.3, 0.4) is 0 Å². The van der Waals surface area contributed by atoms with Crippen LogP contribution in [0.15, 0.2) is 67.3 Å². The fourth-order valence-corrected chi connectivity index (χ4v) is 3.12. The number of anilines is 2. The van der Waals surface area contributed by atoms with Crippen LogP contribution in [0.4, 0.5) is 37.8 Å². The summed E-state index contributed by atoms with van der Waals surface area (Å²) in [4.78, 5) is 11.9. The first kappa shape index (κ1) is 20.6. The number of benzene rings is 2. The van der Waals surface area contributed by atoms with E-state index in [0.717, 1.165) is 23.2 Å². The van der Waals surface area contributed by atoms with Gasteiger partial charge in [0, 0.05) is 40.5 Å². The van der Waals surface area contributed by atoms with Gasteiger partial charge in [-0.05, 0) is 24.3 Å². The summed E-state index contributed by atoms with van der Waals surface area (Å²) in [6.45, 7) is 0. The minimum absolute atomic E-state index is 0.0856. The van der Waals surface area contributed by atoms with Gasteiger partial charge >= 0.3 is 12.4 Å². The third-order valence-corrected chi connectivity index (χ3v) is 4.54. The Balaban J connectivity index is 1.76. The Morgan fingerprint density at radius 1 is 0.806 bits per heavy atom. The Morgan fingerprint density at radius 3 is 2.35 bits per heavy atom. The number of nitrogens with one attached hydrogen (secondary N) is 1. The van der Waals surface area contributed by atoms with Crippen molar-refractivity contribution in [3.8, 4) is 11.3 Å². The summed E-state index contributed by atoms with van der Waals surface area (Å²) in [5.74, 6) is 0.183. The molecule has 0 spiro atoms. The second kappa shape index (κ2) is 7.53. The van der Waals surface area contributed by atoms with E-state index in [0.29, 0.717) is 11.8 Å². The number of halogens is 6. The molecule has 2 aromatic heterocycles. The minimum atomic E-state index is -5.00. The summed E-state index contributed by atoms with van der Waals surface area (Å²) >= 11 is 0. The van der Waals surface area contributed by atoms with E-state index >= 15 is 0 Å². The molecule has 31 heavy (non-hydrogen) atoms. The average Bonchev–Trinajstić information content (AvgIpc) is 2.72. The molecule has 10 heteroatoms. The van der Waals surface area contributed by atoms with Crippen LogP contribution >= 0.6 is 0 Å². The Kier molecular flexibility index (Phi) is 5.00. The fraction of sp³-hybridized carbons (Fsp3) is 0.0952. The molecule has 0 saturated heterocycles. The quantitative estimate of drug-likeness (QED) is 0.376. The molecule has 0 amide bonds. The van der Waals surface area contributed by atoms with Crippen molar-refractivity contribution in [2.75, 3.05) is 5.32 Å². The lowest BCUT2D eigenvalue weighted by molar-refractivity contribution is -0.142. The van der Waals surface area contributed by atoms with Crippen LogP contribution in [-0.2, 0) is 12.4 Å². The van der Waals surface area contributed by atoms with Gasteiger partial charge in [-0.2, -0.15) is 26.3 Å². The van der Waals surface area contributed by atoms with Gasteiger partial charge in [-0.3, -0.25) is 4.98 Å². The molecule has 0 atom stereocenters. The highest BCUT2D eigenvalue weighted by Gasteiger charge is 2.38. The number of rotatable bonds is 3. The molecule has 0 unspecified atom stereocenters. The second-order valence-corrected chi connectivity index (χ2v) is 6.57. The number of alkyl halides is 6. The van der Waals surface area contributed by atoms with Crippen molar-refractivity contribution >= 4 is 22.3 Å². The molecule has 0 aliphatic heterocycles. The highest BCUT2D eigenvalue weighted by atomic mass is 19.4. The third kappa shape index (κ3) is 4.27. The normalized spacial score (nSPS) is 12.2. The molecular formula is C21H12F6N4. The monoisotopic (exact) mass is 434 g/mol. The summed E-state index contributed by atoms with van der Waals surface area (Å²) in [6, 6.07) is 9.82. The summed E-state index contributed by atoms with van der Waals surface area (Å²) in [6.07, 6.45) is -5.61. The lowest BCUT2D eigenvalue weighted by Crippen LogP contribution is -2.12. The summed E-state index contributed by atoms with van der Waals surface area (Å²) in [5, 5.41) is 4.66. The molecule has 4 nitrogen and oxygen atoms in total. The number of aromatic nitrogens is 3. The van der Waals surface area contributed by atoms with Crippen molar-refractivity contribution in [3.63, 3.8) is 0 Å². The van der Waals surface area contributed by atoms with Crippen LogP contribution in [0.1, 0.15) is 11.1 Å². The number of hydrogen-bond donors (Lipinski definition) is 1. The number of hydrogen-bond acceptors (Lipinski definition) is 4. The fourth-order valence-electron chi connectivity index (χ4n) is 3.12. The first-order valence-electron chi connectivity index (χ1n) is 8.83. The Bertz CT molecular complexity index is 1250. The molecule has 0 radical (unpaired) electrons. The van der Waals surface area contributed by atoms with Gasteiger partial charge in [0.05, 0.1) is 16.8 Å². The van der Waals surface area contributed by atoms with E-state index in [1.54, 1.807) is 30.6 Å². The van der Waals surface area contributed by atoms with Gasteiger partial charge in [0.1, 0.15) is 12.1 Å². The summed E-state index contributed by atoms with van der Waals surface area (Å²) < 4.78 is 79.2. The lowest BCUT2D eigenvalue weighted by Gasteiger charge is -2.16. The molecule has 0 aliphatic carbocycles. The van der Waals surface area contributed by atoms with E-state index < -0.39 is 29.0 Å². The zero-order chi connectivity index (χ0) is 22.2. The van der Waals surface area contributed by atoms with Gasteiger partial charge in [-0.1, -0.05) is 18.2 Å². The largest absolute Gasteiger partial charge is 0.417 e. The van der Waals surface area contributed by atoms with Gasteiger partial charge in [-0.15, -0.1) is 0 Å². The Morgan fingerprint density at radius 2 is 1.61 bits per heavy atom. The molecule has 2 heterocycles. The molecule has 4 rings (SSSR count). The van der Waals surface area contributed by atoms with E-state index in [9.17, 15) is 26.3 Å². The van der Waals surface area contributed by atoms with Crippen molar-refractivity contribution in [1.29, 1.82) is 0 Å². The zero-order valence-electron chi connectivity index (χ0n) is 15.5. The van der Waals surface area contributed by atoms with E-state index in [1.807, 2.05) is 6.07 Å². The first-order valence-corrected chi connectivity index (χ1v) is 8.83. The maximum atomic E-state index is 13.5. The Hall–Kier alpha value is -3.69. The van der Waals surface area contributed by atoms with Gasteiger partial charge in [0.25, 0.3) is 0 Å². The topological polar surface area (TPSA) is 50.7 Å². The molecule has 0 aliphatic rings. The van der Waals surface area contributed by atoms with Crippen LogP contribution in [0, 0.1) is 0 Å². The highest BCUT2D eigenvalue weighted by molar-refractivity contribution is 5.94. The number of fused-ring (bicyclic) bond motifs is 1. The predicted molar refractivity (Wildman–Crippen MR) is 102 cm³/mol. The standard InChI is InChI=1S/C21H12F6N4/c22-20(23,24)13-4-5-15(16(8-13)21(25,26)27)18-9-19(30-11-29-18)31-17-3-1-2-12-10-28-7-6-14(12)17/h1-11H,(H,29,30,31). The van der Waals surface area contributed by atoms with E-state index in [4.69, 9.17) is 0 Å². The SMILES string of the molecule is FC(F)(F)c1ccc(-c2cc(Nc3cccc4cnccc34)ncn2)c(C(F)(F)F)c1. The van der Waals surface area contributed by atoms with Crippen LogP contribution < -0.4 is 5.32 Å². The van der Waals surface area contributed by atoms with Crippen LogP contribution in [-0.4, -0.2) is 15.0 Å². The maximum absolute atomic E-state index is 13.5. The summed E-state index contributed by atoms with van der Waals surface area (Å²) in [7, 11) is 0. The second-order valence-electron chi connectivity index (χ2n) is 6.57. The molecule has 1 N–H and O–H groups in total. The molecule has 0 fully saturated rings. The number of pyridine rings is 1. The minimum Gasteiger partial charge on any atom is -0.340 e. The van der Waals surface area contributed by atoms with Crippen LogP contribution in [0.5, 0.6) is 0 Å². The van der Waals surface area contributed by atoms with E-state index in [2.05, 4.69) is 20.3 Å². The third-order valence-electron chi connectivity index (χ3n) is 4.54.